The van der Waals surface area contributed by atoms with Gasteiger partial charge < -0.3 is 10.2 Å². The molecule has 32 heavy (non-hydrogen) atoms. The predicted molar refractivity (Wildman–Crippen MR) is 126 cm³/mol. The Kier molecular flexibility index (Phi) is 8.13. The molecule has 0 bridgehead atoms. The number of likely N-dealkylation sites (N-methyl/N-ethyl adjacent to an activating group) is 1. The molecule has 0 aromatic heterocycles. The molecule has 0 heterocycles. The second kappa shape index (κ2) is 10.8. The zero-order valence-corrected chi connectivity index (χ0v) is 19.4. The molecule has 0 aliphatic carbocycles. The van der Waals surface area contributed by atoms with Crippen molar-refractivity contribution < 1.29 is 14.0 Å². The third-order valence-corrected chi connectivity index (χ3v) is 5.80. The Morgan fingerprint density at radius 1 is 0.969 bits per heavy atom. The average Bonchev–Trinajstić information content (AvgIpc) is 2.76. The highest BCUT2D eigenvalue weighted by molar-refractivity contribution is 6.36. The van der Waals surface area contributed by atoms with Crippen LogP contribution in [-0.4, -0.2) is 29.8 Å². The van der Waals surface area contributed by atoms with Gasteiger partial charge >= 0.3 is 0 Å². The Bertz CT molecular complexity index is 1110. The first-order valence-electron chi connectivity index (χ1n) is 9.74. The molecular formula is C24H20Cl3FN2O2. The lowest BCUT2D eigenvalue weighted by Crippen LogP contribution is -2.48. The van der Waals surface area contributed by atoms with E-state index in [4.69, 9.17) is 34.8 Å². The summed E-state index contributed by atoms with van der Waals surface area (Å²) in [6.45, 7) is -0.0484. The molecule has 4 nitrogen and oxygen atoms in total. The first kappa shape index (κ1) is 24.1. The van der Waals surface area contributed by atoms with Crippen molar-refractivity contribution in [3.8, 4) is 0 Å². The van der Waals surface area contributed by atoms with Crippen LogP contribution in [0, 0.1) is 5.82 Å². The van der Waals surface area contributed by atoms with Crippen LogP contribution in [-0.2, 0) is 17.8 Å². The zero-order valence-electron chi connectivity index (χ0n) is 17.1. The molecular weight excluding hydrogens is 474 g/mol. The lowest BCUT2D eigenvalue weighted by molar-refractivity contribution is -0.132. The van der Waals surface area contributed by atoms with Crippen molar-refractivity contribution in [3.63, 3.8) is 0 Å². The van der Waals surface area contributed by atoms with Gasteiger partial charge in [-0.05, 0) is 35.9 Å². The number of benzene rings is 3. The Labute approximate surface area is 200 Å². The lowest BCUT2D eigenvalue weighted by atomic mass is 10.0. The summed E-state index contributed by atoms with van der Waals surface area (Å²) in [7, 11) is 1.53. The first-order chi connectivity index (χ1) is 15.3. The van der Waals surface area contributed by atoms with Gasteiger partial charge in [0.1, 0.15) is 11.9 Å². The number of hydrogen-bond donors (Lipinski definition) is 1. The van der Waals surface area contributed by atoms with Crippen molar-refractivity contribution in [3.05, 3.63) is 104 Å². The number of nitrogens with one attached hydrogen (secondary N) is 1. The summed E-state index contributed by atoms with van der Waals surface area (Å²) < 4.78 is 14.2. The van der Waals surface area contributed by atoms with Crippen LogP contribution in [0.3, 0.4) is 0 Å². The highest BCUT2D eigenvalue weighted by Crippen LogP contribution is 2.22. The average molecular weight is 494 g/mol. The Morgan fingerprint density at radius 2 is 1.69 bits per heavy atom. The van der Waals surface area contributed by atoms with Crippen LogP contribution in [0.5, 0.6) is 0 Å². The van der Waals surface area contributed by atoms with Gasteiger partial charge in [-0.25, -0.2) is 4.39 Å². The van der Waals surface area contributed by atoms with E-state index in [0.29, 0.717) is 5.02 Å². The van der Waals surface area contributed by atoms with Crippen LogP contribution in [0.25, 0.3) is 0 Å². The van der Waals surface area contributed by atoms with E-state index >= 15 is 0 Å². The molecule has 0 saturated heterocycles. The van der Waals surface area contributed by atoms with E-state index < -0.39 is 23.7 Å². The van der Waals surface area contributed by atoms with Gasteiger partial charge in [0.05, 0.1) is 10.6 Å². The summed E-state index contributed by atoms with van der Waals surface area (Å²) in [6.07, 6.45) is 0.242. The zero-order chi connectivity index (χ0) is 23.3. The van der Waals surface area contributed by atoms with Gasteiger partial charge in [0.15, 0.2) is 0 Å². The van der Waals surface area contributed by atoms with Crippen molar-refractivity contribution in [2.75, 3.05) is 7.05 Å². The number of amides is 2. The van der Waals surface area contributed by atoms with E-state index in [1.807, 2.05) is 30.3 Å². The molecule has 1 N–H and O–H groups in total. The molecule has 0 saturated carbocycles. The molecule has 166 valence electrons. The molecule has 8 heteroatoms. The van der Waals surface area contributed by atoms with E-state index in [9.17, 15) is 14.0 Å². The Morgan fingerprint density at radius 3 is 2.34 bits per heavy atom. The number of rotatable bonds is 7. The summed E-state index contributed by atoms with van der Waals surface area (Å²) in [5, 5.41) is 3.54. The van der Waals surface area contributed by atoms with E-state index in [0.717, 1.165) is 5.56 Å². The summed E-state index contributed by atoms with van der Waals surface area (Å²) in [5.41, 5.74) is 1.25. The maximum absolute atomic E-state index is 14.2. The molecule has 0 aliphatic heterocycles. The van der Waals surface area contributed by atoms with Gasteiger partial charge in [-0.3, -0.25) is 9.59 Å². The quantitative estimate of drug-likeness (QED) is 0.453. The van der Waals surface area contributed by atoms with Gasteiger partial charge in [-0.2, -0.15) is 0 Å². The van der Waals surface area contributed by atoms with E-state index in [2.05, 4.69) is 5.32 Å². The van der Waals surface area contributed by atoms with Gasteiger partial charge in [0.2, 0.25) is 5.91 Å². The van der Waals surface area contributed by atoms with Crippen LogP contribution >= 0.6 is 34.8 Å². The lowest BCUT2D eigenvalue weighted by Gasteiger charge is -2.25. The molecule has 0 unspecified atom stereocenters. The second-order valence-electron chi connectivity index (χ2n) is 7.23. The molecule has 0 aliphatic rings. The van der Waals surface area contributed by atoms with Crippen molar-refractivity contribution in [1.82, 2.24) is 10.2 Å². The molecule has 3 aromatic carbocycles. The highest BCUT2D eigenvalue weighted by Gasteiger charge is 2.26. The van der Waals surface area contributed by atoms with Crippen LogP contribution in [0.1, 0.15) is 21.5 Å². The Hall–Kier alpha value is -2.60. The SMILES string of the molecule is CN(Cc1c(F)cccc1Cl)C(=O)[C@@H](Cc1ccccc1)NC(=O)c1ccc(Cl)cc1Cl. The molecule has 0 fully saturated rings. The van der Waals surface area contributed by atoms with Crippen LogP contribution < -0.4 is 5.32 Å². The maximum Gasteiger partial charge on any atom is 0.253 e. The van der Waals surface area contributed by atoms with Crippen molar-refractivity contribution in [1.29, 1.82) is 0 Å². The standard InChI is InChI=1S/C24H20Cl3FN2O2/c1-30(14-18-19(26)8-5-9-21(18)28)24(32)22(12-15-6-3-2-4-7-15)29-23(31)17-11-10-16(25)13-20(17)27/h2-11,13,22H,12,14H2,1H3,(H,29,31)/t22-/m1/s1. The minimum Gasteiger partial charge on any atom is -0.340 e. The largest absolute Gasteiger partial charge is 0.340 e. The van der Waals surface area contributed by atoms with E-state index in [1.165, 1.54) is 36.2 Å². The summed E-state index contributed by atoms with van der Waals surface area (Å²) in [6, 6.07) is 17.2. The summed E-state index contributed by atoms with van der Waals surface area (Å²) in [4.78, 5) is 27.5. The molecule has 1 atom stereocenters. The topological polar surface area (TPSA) is 49.4 Å². The Balaban J connectivity index is 1.84. The highest BCUT2D eigenvalue weighted by atomic mass is 35.5. The normalized spacial score (nSPS) is 11.7. The van der Waals surface area contributed by atoms with E-state index in [1.54, 1.807) is 12.1 Å². The fourth-order valence-corrected chi connectivity index (χ4v) is 3.94. The van der Waals surface area contributed by atoms with Gasteiger partial charge in [0.25, 0.3) is 5.91 Å². The molecule has 3 aromatic rings. The third-order valence-electron chi connectivity index (χ3n) is 4.90. The predicted octanol–water partition coefficient (Wildman–Crippen LogP) is 5.79. The molecule has 3 rings (SSSR count). The summed E-state index contributed by atoms with van der Waals surface area (Å²) in [5.74, 6) is -1.42. The van der Waals surface area contributed by atoms with Crippen LogP contribution in [0.2, 0.25) is 15.1 Å². The third kappa shape index (κ3) is 6.00. The molecule has 0 spiro atoms. The first-order valence-corrected chi connectivity index (χ1v) is 10.9. The second-order valence-corrected chi connectivity index (χ2v) is 8.49. The van der Waals surface area contributed by atoms with Gasteiger partial charge in [-0.1, -0.05) is 71.2 Å². The number of carbonyl (C=O) groups is 2. The van der Waals surface area contributed by atoms with Gasteiger partial charge in [-0.15, -0.1) is 0 Å². The van der Waals surface area contributed by atoms with Crippen molar-refractivity contribution in [2.24, 2.45) is 0 Å². The number of nitrogens with zero attached hydrogens (tertiary/aromatic N) is 1. The fourth-order valence-electron chi connectivity index (χ4n) is 3.22. The molecule has 0 radical (unpaired) electrons. The monoisotopic (exact) mass is 492 g/mol. The number of halogens is 4. The van der Waals surface area contributed by atoms with Gasteiger partial charge in [0, 0.05) is 35.6 Å². The fraction of sp³-hybridized carbons (Fsp3) is 0.167. The smallest absolute Gasteiger partial charge is 0.253 e. The minimum absolute atomic E-state index is 0.0484. The van der Waals surface area contributed by atoms with Crippen LogP contribution in [0.15, 0.2) is 66.7 Å². The van der Waals surface area contributed by atoms with Crippen molar-refractivity contribution >= 4 is 46.6 Å². The number of carbonyl (C=O) groups excluding carboxylic acids is 2. The van der Waals surface area contributed by atoms with Crippen LogP contribution in [0.4, 0.5) is 4.39 Å². The summed E-state index contributed by atoms with van der Waals surface area (Å²) >= 11 is 18.2. The number of hydrogen-bond acceptors (Lipinski definition) is 2. The van der Waals surface area contributed by atoms with Crippen molar-refractivity contribution in [2.45, 2.75) is 19.0 Å². The molecule has 2 amide bonds. The van der Waals surface area contributed by atoms with E-state index in [-0.39, 0.29) is 34.1 Å². The minimum atomic E-state index is -0.910. The maximum atomic E-state index is 14.2.